The van der Waals surface area contributed by atoms with Crippen LogP contribution in [0.5, 0.6) is 0 Å². The molecule has 8 nitrogen and oxygen atoms in total. The number of aliphatic carboxylic acids is 1. The molecule has 0 saturated heterocycles. The molecule has 2 amide bonds. The summed E-state index contributed by atoms with van der Waals surface area (Å²) in [7, 11) is 0. The predicted octanol–water partition coefficient (Wildman–Crippen LogP) is 2.85. The lowest BCUT2D eigenvalue weighted by Crippen LogP contribution is -2.38. The number of amides is 2. The number of hydrogen-bond donors (Lipinski definition) is 3. The number of nitrogens with one attached hydrogen (secondary N) is 1. The van der Waals surface area contributed by atoms with Crippen LogP contribution in [0.3, 0.4) is 0 Å². The minimum absolute atomic E-state index is 0.00441. The van der Waals surface area contributed by atoms with Gasteiger partial charge in [-0.1, -0.05) is 55.5 Å². The zero-order valence-electron chi connectivity index (χ0n) is 18.7. The SMILES string of the molecule is CC(CCC(=O)N(CCO)CC(=O)O)CNC(=O)OCC1c2ccccc2-c2ccccc21. The number of hydrogen-bond acceptors (Lipinski definition) is 5. The second-order valence-electron chi connectivity index (χ2n) is 8.28. The monoisotopic (exact) mass is 454 g/mol. The molecular weight excluding hydrogens is 424 g/mol. The van der Waals surface area contributed by atoms with E-state index >= 15 is 0 Å². The fourth-order valence-corrected chi connectivity index (χ4v) is 4.11. The Bertz CT molecular complexity index is 947. The van der Waals surface area contributed by atoms with Crippen LogP contribution >= 0.6 is 0 Å². The van der Waals surface area contributed by atoms with E-state index in [0.717, 1.165) is 16.0 Å². The summed E-state index contributed by atoms with van der Waals surface area (Å²) in [5.74, 6) is -1.47. The maximum Gasteiger partial charge on any atom is 0.407 e. The largest absolute Gasteiger partial charge is 0.480 e. The van der Waals surface area contributed by atoms with Crippen molar-refractivity contribution in [3.8, 4) is 11.1 Å². The maximum atomic E-state index is 12.3. The van der Waals surface area contributed by atoms with Gasteiger partial charge in [0.1, 0.15) is 13.2 Å². The number of aliphatic hydroxyl groups is 1. The van der Waals surface area contributed by atoms with E-state index in [1.54, 1.807) is 0 Å². The van der Waals surface area contributed by atoms with Crippen molar-refractivity contribution < 1.29 is 29.3 Å². The van der Waals surface area contributed by atoms with Crippen LogP contribution in [0, 0.1) is 5.92 Å². The molecule has 0 spiro atoms. The molecule has 1 unspecified atom stereocenters. The van der Waals surface area contributed by atoms with E-state index in [9.17, 15) is 14.4 Å². The number of aliphatic hydroxyl groups excluding tert-OH is 1. The van der Waals surface area contributed by atoms with Crippen LogP contribution in [0.1, 0.15) is 36.8 Å². The molecule has 0 radical (unpaired) electrons. The number of carbonyl (C=O) groups is 3. The Balaban J connectivity index is 1.44. The summed E-state index contributed by atoms with van der Waals surface area (Å²) < 4.78 is 5.51. The van der Waals surface area contributed by atoms with Crippen molar-refractivity contribution in [2.75, 3.05) is 32.8 Å². The molecule has 0 aliphatic heterocycles. The van der Waals surface area contributed by atoms with Crippen molar-refractivity contribution in [2.24, 2.45) is 5.92 Å². The highest BCUT2D eigenvalue weighted by Crippen LogP contribution is 2.44. The van der Waals surface area contributed by atoms with Crippen LogP contribution in [-0.4, -0.2) is 65.9 Å². The first-order valence-electron chi connectivity index (χ1n) is 11.1. The number of carboxylic acids is 1. The molecule has 33 heavy (non-hydrogen) atoms. The van der Waals surface area contributed by atoms with Gasteiger partial charge in [0.05, 0.1) is 6.61 Å². The van der Waals surface area contributed by atoms with E-state index in [2.05, 4.69) is 29.6 Å². The third kappa shape index (κ3) is 6.32. The Morgan fingerprint density at radius 2 is 1.67 bits per heavy atom. The van der Waals surface area contributed by atoms with Gasteiger partial charge < -0.3 is 25.2 Å². The lowest BCUT2D eigenvalue weighted by Gasteiger charge is -2.20. The number of fused-ring (bicyclic) bond motifs is 3. The average Bonchev–Trinajstić information content (AvgIpc) is 3.13. The zero-order chi connectivity index (χ0) is 23.8. The second kappa shape index (κ2) is 11.5. The number of rotatable bonds is 11. The molecule has 176 valence electrons. The summed E-state index contributed by atoms with van der Waals surface area (Å²) >= 11 is 0. The molecule has 1 aliphatic carbocycles. The summed E-state index contributed by atoms with van der Waals surface area (Å²) in [4.78, 5) is 36.5. The summed E-state index contributed by atoms with van der Waals surface area (Å²) in [6.07, 6.45) is 0.105. The van der Waals surface area contributed by atoms with Crippen molar-refractivity contribution in [1.29, 1.82) is 0 Å². The van der Waals surface area contributed by atoms with Gasteiger partial charge in [-0.15, -0.1) is 0 Å². The molecule has 8 heteroatoms. The van der Waals surface area contributed by atoms with Crippen molar-refractivity contribution in [2.45, 2.75) is 25.7 Å². The van der Waals surface area contributed by atoms with Crippen molar-refractivity contribution in [3.05, 3.63) is 59.7 Å². The Morgan fingerprint density at radius 3 is 2.24 bits per heavy atom. The van der Waals surface area contributed by atoms with Crippen LogP contribution in [-0.2, 0) is 14.3 Å². The molecule has 0 heterocycles. The third-order valence-electron chi connectivity index (χ3n) is 5.84. The molecule has 2 aromatic carbocycles. The predicted molar refractivity (Wildman–Crippen MR) is 123 cm³/mol. The van der Waals surface area contributed by atoms with Gasteiger partial charge in [-0.2, -0.15) is 0 Å². The van der Waals surface area contributed by atoms with Gasteiger partial charge in [-0.3, -0.25) is 9.59 Å². The van der Waals surface area contributed by atoms with E-state index in [4.69, 9.17) is 14.9 Å². The molecule has 3 N–H and O–H groups in total. The number of benzene rings is 2. The number of carbonyl (C=O) groups excluding carboxylic acids is 2. The van der Waals surface area contributed by atoms with Gasteiger partial charge >= 0.3 is 12.1 Å². The summed E-state index contributed by atoms with van der Waals surface area (Å²) in [5.41, 5.74) is 4.62. The topological polar surface area (TPSA) is 116 Å². The first-order valence-corrected chi connectivity index (χ1v) is 11.1. The van der Waals surface area contributed by atoms with E-state index in [1.807, 2.05) is 31.2 Å². The fourth-order valence-electron chi connectivity index (χ4n) is 4.11. The van der Waals surface area contributed by atoms with Crippen LogP contribution < -0.4 is 5.32 Å². The smallest absolute Gasteiger partial charge is 0.407 e. The highest BCUT2D eigenvalue weighted by atomic mass is 16.5. The van der Waals surface area contributed by atoms with Crippen molar-refractivity contribution in [3.63, 3.8) is 0 Å². The minimum Gasteiger partial charge on any atom is -0.480 e. The normalized spacial score (nSPS) is 13.0. The highest BCUT2D eigenvalue weighted by Gasteiger charge is 2.29. The van der Waals surface area contributed by atoms with Crippen LogP contribution in [0.4, 0.5) is 4.79 Å². The quantitative estimate of drug-likeness (QED) is 0.481. The highest BCUT2D eigenvalue weighted by molar-refractivity contribution is 5.81. The first-order chi connectivity index (χ1) is 15.9. The number of alkyl carbamates (subject to hydrolysis) is 1. The number of nitrogens with zero attached hydrogens (tertiary/aromatic N) is 1. The van der Waals surface area contributed by atoms with Gasteiger partial charge in [-0.25, -0.2) is 4.79 Å². The van der Waals surface area contributed by atoms with Crippen LogP contribution in [0.15, 0.2) is 48.5 Å². The standard InChI is InChI=1S/C25H30N2O6/c1-17(10-11-23(29)27(12-13-28)15-24(30)31)14-26-25(32)33-16-22-20-8-4-2-6-18(20)19-7-3-5-9-21(19)22/h2-9,17,22,28H,10-16H2,1H3,(H,26,32)(H,30,31). The van der Waals surface area contributed by atoms with E-state index in [1.165, 1.54) is 11.1 Å². The van der Waals surface area contributed by atoms with Gasteiger partial charge in [0.25, 0.3) is 0 Å². The van der Waals surface area contributed by atoms with Crippen molar-refractivity contribution >= 4 is 18.0 Å². The Kier molecular flexibility index (Phi) is 8.43. The molecule has 0 bridgehead atoms. The molecule has 1 atom stereocenters. The number of carboxylic acid groups (broad SMARTS) is 1. The third-order valence-corrected chi connectivity index (χ3v) is 5.84. The van der Waals surface area contributed by atoms with Crippen molar-refractivity contribution in [1.82, 2.24) is 10.2 Å². The Labute approximate surface area is 193 Å². The molecule has 0 saturated carbocycles. The first kappa shape index (κ1) is 24.3. The molecule has 0 fully saturated rings. The lowest BCUT2D eigenvalue weighted by atomic mass is 9.98. The van der Waals surface area contributed by atoms with Crippen LogP contribution in [0.2, 0.25) is 0 Å². The summed E-state index contributed by atoms with van der Waals surface area (Å²) in [5, 5.41) is 20.6. The number of ether oxygens (including phenoxy) is 1. The zero-order valence-corrected chi connectivity index (χ0v) is 18.7. The minimum atomic E-state index is -1.12. The van der Waals surface area contributed by atoms with Gasteiger partial charge in [0.2, 0.25) is 5.91 Å². The van der Waals surface area contributed by atoms with E-state index in [0.29, 0.717) is 13.0 Å². The van der Waals surface area contributed by atoms with E-state index < -0.39 is 18.6 Å². The molecule has 1 aliphatic rings. The molecule has 0 aromatic heterocycles. The lowest BCUT2D eigenvalue weighted by molar-refractivity contribution is -0.144. The fraction of sp³-hybridized carbons (Fsp3) is 0.400. The van der Waals surface area contributed by atoms with Gasteiger partial charge in [0, 0.05) is 25.4 Å². The Hall–Kier alpha value is -3.39. The molecule has 2 aromatic rings. The summed E-state index contributed by atoms with van der Waals surface area (Å²) in [6.45, 7) is 1.72. The second-order valence-corrected chi connectivity index (χ2v) is 8.28. The van der Waals surface area contributed by atoms with Gasteiger partial charge in [-0.05, 0) is 34.6 Å². The summed E-state index contributed by atoms with van der Waals surface area (Å²) in [6, 6.07) is 16.3. The maximum absolute atomic E-state index is 12.3. The average molecular weight is 455 g/mol. The van der Waals surface area contributed by atoms with Gasteiger partial charge in [0.15, 0.2) is 0 Å². The van der Waals surface area contributed by atoms with E-state index in [-0.39, 0.29) is 43.9 Å². The Morgan fingerprint density at radius 1 is 1.06 bits per heavy atom. The van der Waals surface area contributed by atoms with Crippen LogP contribution in [0.25, 0.3) is 11.1 Å². The molecular formula is C25H30N2O6. The molecule has 3 rings (SSSR count).